The fourth-order valence-corrected chi connectivity index (χ4v) is 1.10. The minimum atomic E-state index is -0.0602. The average Bonchev–Trinajstić information content (AvgIpc) is 1.99. The quantitative estimate of drug-likeness (QED) is 0.643. The molecule has 0 spiro atoms. The van der Waals surface area contributed by atoms with Crippen molar-refractivity contribution in [1.29, 1.82) is 5.26 Å². The number of rotatable bonds is 4. The monoisotopic (exact) mass is 156 g/mol. The van der Waals surface area contributed by atoms with Crippen molar-refractivity contribution in [1.82, 2.24) is 4.90 Å². The van der Waals surface area contributed by atoms with E-state index in [1.165, 1.54) is 0 Å². The van der Waals surface area contributed by atoms with Crippen LogP contribution < -0.4 is 0 Å². The van der Waals surface area contributed by atoms with Gasteiger partial charge >= 0.3 is 0 Å². The van der Waals surface area contributed by atoms with E-state index in [4.69, 9.17) is 10.4 Å². The van der Waals surface area contributed by atoms with Crippen LogP contribution in [0.15, 0.2) is 0 Å². The number of aliphatic hydroxyl groups excluding tert-OH is 1. The number of hydrogen-bond acceptors (Lipinski definition) is 3. The third-order valence-corrected chi connectivity index (χ3v) is 1.92. The first-order chi connectivity index (χ1) is 5.17. The maximum Gasteiger partial charge on any atom is 0.0673 e. The number of nitriles is 1. The van der Waals surface area contributed by atoms with E-state index in [2.05, 4.69) is 6.07 Å². The Labute approximate surface area is 68.2 Å². The third-order valence-electron chi connectivity index (χ3n) is 1.92. The number of hydrogen-bond donors (Lipinski definition) is 1. The van der Waals surface area contributed by atoms with Crippen LogP contribution in [0, 0.1) is 17.2 Å². The summed E-state index contributed by atoms with van der Waals surface area (Å²) in [6, 6.07) is 2.16. The molecular formula is C8H16N2O. The molecule has 0 saturated carbocycles. The number of likely N-dealkylation sites (N-methyl/N-ethyl adjacent to an activating group) is 1. The highest BCUT2D eigenvalue weighted by molar-refractivity contribution is 4.90. The molecule has 2 atom stereocenters. The van der Waals surface area contributed by atoms with Crippen molar-refractivity contribution in [3.63, 3.8) is 0 Å². The van der Waals surface area contributed by atoms with Gasteiger partial charge in [-0.1, -0.05) is 6.92 Å². The first-order valence-electron chi connectivity index (χ1n) is 3.84. The highest BCUT2D eigenvalue weighted by Gasteiger charge is 2.20. The van der Waals surface area contributed by atoms with Crippen molar-refractivity contribution in [2.45, 2.75) is 19.4 Å². The molecule has 0 fully saturated rings. The van der Waals surface area contributed by atoms with E-state index in [-0.39, 0.29) is 18.6 Å². The van der Waals surface area contributed by atoms with Crippen LogP contribution in [-0.4, -0.2) is 36.8 Å². The maximum atomic E-state index is 8.94. The second-order valence-corrected chi connectivity index (χ2v) is 2.86. The summed E-state index contributed by atoms with van der Waals surface area (Å²) in [6.45, 7) is 2.01. The summed E-state index contributed by atoms with van der Waals surface area (Å²) in [4.78, 5) is 1.89. The average molecular weight is 156 g/mol. The van der Waals surface area contributed by atoms with E-state index < -0.39 is 0 Å². The molecule has 1 N–H and O–H groups in total. The van der Waals surface area contributed by atoms with Gasteiger partial charge in [0, 0.05) is 6.04 Å². The summed E-state index contributed by atoms with van der Waals surface area (Å²) in [6.07, 6.45) is 0.792. The van der Waals surface area contributed by atoms with Gasteiger partial charge in [0.05, 0.1) is 18.6 Å². The Hall–Kier alpha value is -0.590. The molecule has 0 aromatic carbocycles. The molecule has 0 saturated heterocycles. The minimum Gasteiger partial charge on any atom is -0.395 e. The minimum absolute atomic E-state index is 0.0231. The number of nitrogens with zero attached hydrogens (tertiary/aromatic N) is 2. The van der Waals surface area contributed by atoms with Gasteiger partial charge in [0.2, 0.25) is 0 Å². The zero-order valence-corrected chi connectivity index (χ0v) is 7.41. The lowest BCUT2D eigenvalue weighted by Gasteiger charge is -2.25. The Morgan fingerprint density at radius 3 is 2.18 bits per heavy atom. The molecular weight excluding hydrogens is 140 g/mol. The van der Waals surface area contributed by atoms with Gasteiger partial charge in [-0.15, -0.1) is 0 Å². The van der Waals surface area contributed by atoms with E-state index in [9.17, 15) is 0 Å². The summed E-state index contributed by atoms with van der Waals surface area (Å²) >= 11 is 0. The molecule has 3 heteroatoms. The molecule has 0 amide bonds. The molecule has 11 heavy (non-hydrogen) atoms. The molecule has 3 nitrogen and oxygen atoms in total. The van der Waals surface area contributed by atoms with Crippen molar-refractivity contribution in [3.8, 4) is 6.07 Å². The van der Waals surface area contributed by atoms with Crippen LogP contribution in [0.2, 0.25) is 0 Å². The zero-order valence-electron chi connectivity index (χ0n) is 7.41. The summed E-state index contributed by atoms with van der Waals surface area (Å²) in [7, 11) is 3.75. The van der Waals surface area contributed by atoms with Gasteiger partial charge < -0.3 is 10.0 Å². The fourth-order valence-electron chi connectivity index (χ4n) is 1.10. The summed E-state index contributed by atoms with van der Waals surface area (Å²) < 4.78 is 0. The Bertz CT molecular complexity index is 140. The van der Waals surface area contributed by atoms with Crippen LogP contribution in [0.4, 0.5) is 0 Å². The van der Waals surface area contributed by atoms with Crippen LogP contribution >= 0.6 is 0 Å². The van der Waals surface area contributed by atoms with Gasteiger partial charge in [-0.05, 0) is 20.5 Å². The molecule has 0 bridgehead atoms. The fraction of sp³-hybridized carbons (Fsp3) is 0.875. The topological polar surface area (TPSA) is 47.3 Å². The lowest BCUT2D eigenvalue weighted by atomic mass is 9.98. The smallest absolute Gasteiger partial charge is 0.0673 e. The zero-order chi connectivity index (χ0) is 8.85. The summed E-state index contributed by atoms with van der Waals surface area (Å²) in [5.41, 5.74) is 0. The normalized spacial score (nSPS) is 16.0. The van der Waals surface area contributed by atoms with Crippen molar-refractivity contribution in [2.75, 3.05) is 20.7 Å². The Balaban J connectivity index is 4.12. The first-order valence-corrected chi connectivity index (χ1v) is 3.84. The lowest BCUT2D eigenvalue weighted by molar-refractivity contribution is 0.138. The predicted octanol–water partition coefficient (Wildman–Crippen LogP) is 0.459. The summed E-state index contributed by atoms with van der Waals surface area (Å²) in [5, 5.41) is 17.6. The van der Waals surface area contributed by atoms with Crippen molar-refractivity contribution in [3.05, 3.63) is 0 Å². The highest BCUT2D eigenvalue weighted by Crippen LogP contribution is 2.10. The molecule has 0 radical (unpaired) electrons. The van der Waals surface area contributed by atoms with Crippen LogP contribution in [-0.2, 0) is 0 Å². The SMILES string of the molecule is CCC(C#N)C(CO)N(C)C. The van der Waals surface area contributed by atoms with Gasteiger partial charge in [0.1, 0.15) is 0 Å². The van der Waals surface area contributed by atoms with Crippen LogP contribution in [0.1, 0.15) is 13.3 Å². The van der Waals surface area contributed by atoms with Crippen LogP contribution in [0.25, 0.3) is 0 Å². The highest BCUT2D eigenvalue weighted by atomic mass is 16.3. The first kappa shape index (κ1) is 10.4. The van der Waals surface area contributed by atoms with E-state index in [0.717, 1.165) is 6.42 Å². The third kappa shape index (κ3) is 2.87. The molecule has 2 unspecified atom stereocenters. The largest absolute Gasteiger partial charge is 0.395 e. The standard InChI is InChI=1S/C8H16N2O/c1-4-7(5-9)8(6-11)10(2)3/h7-8,11H,4,6H2,1-3H3. The number of aliphatic hydroxyl groups is 1. The molecule has 0 heterocycles. The summed E-state index contributed by atoms with van der Waals surface area (Å²) in [5.74, 6) is -0.0602. The Morgan fingerprint density at radius 2 is 2.09 bits per heavy atom. The molecule has 0 aliphatic rings. The van der Waals surface area contributed by atoms with E-state index in [0.29, 0.717) is 0 Å². The molecule has 0 rings (SSSR count). The van der Waals surface area contributed by atoms with Gasteiger partial charge in [0.25, 0.3) is 0 Å². The molecule has 0 aliphatic heterocycles. The van der Waals surface area contributed by atoms with Crippen LogP contribution in [0.3, 0.4) is 0 Å². The van der Waals surface area contributed by atoms with Gasteiger partial charge in [-0.2, -0.15) is 5.26 Å². The second-order valence-electron chi connectivity index (χ2n) is 2.86. The van der Waals surface area contributed by atoms with E-state index in [1.807, 2.05) is 25.9 Å². The van der Waals surface area contributed by atoms with Crippen LogP contribution in [0.5, 0.6) is 0 Å². The van der Waals surface area contributed by atoms with Gasteiger partial charge in [-0.3, -0.25) is 0 Å². The predicted molar refractivity (Wildman–Crippen MR) is 44.0 cm³/mol. The Morgan fingerprint density at radius 1 is 1.55 bits per heavy atom. The maximum absolute atomic E-state index is 8.94. The molecule has 64 valence electrons. The molecule has 0 aromatic heterocycles. The molecule has 0 aromatic rings. The lowest BCUT2D eigenvalue weighted by Crippen LogP contribution is -2.37. The molecule has 0 aliphatic carbocycles. The van der Waals surface area contributed by atoms with Crippen molar-refractivity contribution in [2.24, 2.45) is 5.92 Å². The van der Waals surface area contributed by atoms with Crippen molar-refractivity contribution < 1.29 is 5.11 Å². The van der Waals surface area contributed by atoms with E-state index in [1.54, 1.807) is 0 Å². The van der Waals surface area contributed by atoms with Gasteiger partial charge in [-0.25, -0.2) is 0 Å². The van der Waals surface area contributed by atoms with Gasteiger partial charge in [0.15, 0.2) is 0 Å². The van der Waals surface area contributed by atoms with Crippen molar-refractivity contribution >= 4 is 0 Å². The second kappa shape index (κ2) is 5.11. The van der Waals surface area contributed by atoms with E-state index >= 15 is 0 Å². The Kier molecular flexibility index (Phi) is 4.84.